The van der Waals surface area contributed by atoms with E-state index in [0.29, 0.717) is 34.8 Å². The van der Waals surface area contributed by atoms with Crippen LogP contribution in [0.4, 0.5) is 18.3 Å². The van der Waals surface area contributed by atoms with Gasteiger partial charge < -0.3 is 14.7 Å². The molecule has 2 aliphatic heterocycles. The Morgan fingerprint density at radius 3 is 2.74 bits per heavy atom. The van der Waals surface area contributed by atoms with E-state index in [1.807, 2.05) is 13.0 Å². The zero-order chi connectivity index (χ0) is 27.2. The number of halogens is 3. The first-order chi connectivity index (χ1) is 18.0. The van der Waals surface area contributed by atoms with Crippen LogP contribution in [0, 0.1) is 12.8 Å². The zero-order valence-corrected chi connectivity index (χ0v) is 22.3. The minimum atomic E-state index is -4.38. The van der Waals surface area contributed by atoms with E-state index >= 15 is 0 Å². The van der Waals surface area contributed by atoms with Gasteiger partial charge in [0.2, 0.25) is 5.76 Å². The Morgan fingerprint density at radius 2 is 2.03 bits per heavy atom. The highest BCUT2D eigenvalue weighted by Gasteiger charge is 2.33. The number of anilines is 1. The quantitative estimate of drug-likeness (QED) is 0.394. The van der Waals surface area contributed by atoms with Crippen LogP contribution in [-0.2, 0) is 23.9 Å². The van der Waals surface area contributed by atoms with E-state index in [-0.39, 0.29) is 11.8 Å². The van der Waals surface area contributed by atoms with Crippen LogP contribution in [0.2, 0.25) is 0 Å². The highest BCUT2D eigenvalue weighted by Crippen LogP contribution is 2.37. The zero-order valence-electron chi connectivity index (χ0n) is 21.5. The maximum absolute atomic E-state index is 13.2. The average molecular weight is 546 g/mol. The molecule has 0 unspecified atom stereocenters. The number of aryl methyl sites for hydroxylation is 1. The monoisotopic (exact) mass is 545 g/mol. The number of ether oxygens (including phenoxy) is 1. The van der Waals surface area contributed by atoms with E-state index in [0.717, 1.165) is 53.9 Å². The van der Waals surface area contributed by atoms with E-state index in [4.69, 9.17) is 9.72 Å². The van der Waals surface area contributed by atoms with Crippen molar-refractivity contribution >= 4 is 32.7 Å². The fourth-order valence-corrected chi connectivity index (χ4v) is 6.42. The number of allylic oxidation sites excluding steroid dienone is 1. The van der Waals surface area contributed by atoms with Crippen molar-refractivity contribution in [2.24, 2.45) is 5.92 Å². The summed E-state index contributed by atoms with van der Waals surface area (Å²) in [7, 11) is 0. The Bertz CT molecular complexity index is 1400. The predicted molar refractivity (Wildman–Crippen MR) is 142 cm³/mol. The molecule has 0 saturated carbocycles. The van der Waals surface area contributed by atoms with Crippen molar-refractivity contribution < 1.29 is 27.8 Å². The molecule has 3 aromatic rings. The number of carbonyl (C=O) groups is 1. The Balaban J connectivity index is 1.35. The van der Waals surface area contributed by atoms with Crippen LogP contribution in [0.1, 0.15) is 42.5 Å². The topological polar surface area (TPSA) is 65.9 Å². The van der Waals surface area contributed by atoms with Crippen molar-refractivity contribution in [1.82, 2.24) is 9.88 Å². The van der Waals surface area contributed by atoms with Gasteiger partial charge in [0.15, 0.2) is 5.13 Å². The Hall–Kier alpha value is -3.11. The second-order valence-electron chi connectivity index (χ2n) is 10.5. The van der Waals surface area contributed by atoms with E-state index in [1.165, 1.54) is 23.5 Å². The lowest BCUT2D eigenvalue weighted by molar-refractivity contribution is -0.137. The van der Waals surface area contributed by atoms with Crippen LogP contribution in [0.5, 0.6) is 5.75 Å². The van der Waals surface area contributed by atoms with Crippen LogP contribution in [0.25, 0.3) is 10.2 Å². The molecule has 6 nitrogen and oxygen atoms in total. The summed E-state index contributed by atoms with van der Waals surface area (Å²) < 4.78 is 45.8. The fraction of sp³-hybridized carbons (Fsp3) is 0.429. The van der Waals surface area contributed by atoms with Gasteiger partial charge in [0.25, 0.3) is 0 Å². The number of carboxylic acids is 1. The molecule has 5 rings (SSSR count). The van der Waals surface area contributed by atoms with Gasteiger partial charge in [-0.05, 0) is 67.2 Å². The molecule has 1 atom stereocenters. The summed E-state index contributed by atoms with van der Waals surface area (Å²) in [5, 5.41) is 10.1. The number of piperazine rings is 1. The number of carboxylic acid groups (broad SMARTS) is 1. The van der Waals surface area contributed by atoms with E-state index < -0.39 is 17.7 Å². The molecule has 2 aromatic carbocycles. The maximum Gasteiger partial charge on any atom is 0.416 e. The number of aromatic nitrogens is 1. The molecule has 0 spiro atoms. The lowest BCUT2D eigenvalue weighted by atomic mass is 9.97. The standard InChI is InChI=1S/C28H30F3N3O3S/c1-16(2)10-20-15-33(14-18-11-17(3)21-5-7-23(26(35)36)37-24(21)12-18)8-9-34(20)27-32-22-6-4-19(28(29,30)31)13-25(22)38-27/h4,6-7,11-13,16,20H,5,8-10,14-15H2,1-3H3,(H,35,36)/t20-/m1/s1. The minimum absolute atomic E-state index is 0.0437. The van der Waals surface area contributed by atoms with Gasteiger partial charge in [0.05, 0.1) is 15.8 Å². The van der Waals surface area contributed by atoms with E-state index in [1.54, 1.807) is 6.08 Å². The number of aliphatic carboxylic acids is 1. The average Bonchev–Trinajstić information content (AvgIpc) is 3.26. The van der Waals surface area contributed by atoms with Gasteiger partial charge in [-0.2, -0.15) is 13.2 Å². The number of hydrogen-bond donors (Lipinski definition) is 1. The molecular weight excluding hydrogens is 515 g/mol. The third-order valence-electron chi connectivity index (χ3n) is 7.08. The van der Waals surface area contributed by atoms with Crippen molar-refractivity contribution in [1.29, 1.82) is 0 Å². The molecule has 1 fully saturated rings. The summed E-state index contributed by atoms with van der Waals surface area (Å²) in [5.74, 6) is -0.0760. The minimum Gasteiger partial charge on any atom is -0.475 e. The number of thiazole rings is 1. The Kier molecular flexibility index (Phi) is 7.13. The summed E-state index contributed by atoms with van der Waals surface area (Å²) in [4.78, 5) is 20.7. The van der Waals surface area contributed by atoms with Crippen molar-refractivity contribution in [2.75, 3.05) is 24.5 Å². The Labute approximate surface area is 223 Å². The van der Waals surface area contributed by atoms with Crippen LogP contribution in [0.15, 0.2) is 42.2 Å². The second-order valence-corrected chi connectivity index (χ2v) is 11.5. The Morgan fingerprint density at radius 1 is 1.24 bits per heavy atom. The van der Waals surface area contributed by atoms with Crippen LogP contribution < -0.4 is 9.64 Å². The SMILES string of the molecule is Cc1cc(CN2CCN(c3nc4ccc(C(F)(F)F)cc4s3)[C@H](CC(C)C)C2)cc2c1CC=C(C(=O)O)O2. The van der Waals surface area contributed by atoms with Crippen LogP contribution in [-0.4, -0.2) is 46.6 Å². The number of nitrogens with zero attached hydrogens (tertiary/aromatic N) is 3. The molecule has 1 N–H and O–H groups in total. The van der Waals surface area contributed by atoms with Crippen molar-refractivity contribution in [3.05, 3.63) is 64.4 Å². The number of fused-ring (bicyclic) bond motifs is 2. The molecule has 1 saturated heterocycles. The lowest BCUT2D eigenvalue weighted by Gasteiger charge is -2.42. The molecule has 202 valence electrons. The van der Waals surface area contributed by atoms with Crippen LogP contribution >= 0.6 is 11.3 Å². The molecule has 0 bridgehead atoms. The molecule has 2 aliphatic rings. The molecular formula is C28H30F3N3O3S. The third kappa shape index (κ3) is 5.51. The molecule has 3 heterocycles. The number of hydrogen-bond acceptors (Lipinski definition) is 6. The van der Waals surface area contributed by atoms with Gasteiger partial charge in [0, 0.05) is 37.8 Å². The fourth-order valence-electron chi connectivity index (χ4n) is 5.32. The second kappa shape index (κ2) is 10.2. The summed E-state index contributed by atoms with van der Waals surface area (Å²) >= 11 is 1.32. The summed E-state index contributed by atoms with van der Waals surface area (Å²) in [6.45, 7) is 9.33. The van der Waals surface area contributed by atoms with Gasteiger partial charge in [-0.3, -0.25) is 4.90 Å². The highest BCUT2D eigenvalue weighted by atomic mass is 32.1. The molecule has 10 heteroatoms. The van der Waals surface area contributed by atoms with Gasteiger partial charge in [0.1, 0.15) is 5.75 Å². The first-order valence-electron chi connectivity index (χ1n) is 12.7. The molecule has 0 amide bonds. The van der Waals surface area contributed by atoms with E-state index in [2.05, 4.69) is 29.7 Å². The van der Waals surface area contributed by atoms with E-state index in [9.17, 15) is 23.1 Å². The molecule has 0 radical (unpaired) electrons. The summed E-state index contributed by atoms with van der Waals surface area (Å²) in [5.41, 5.74) is 3.07. The van der Waals surface area contributed by atoms with Gasteiger partial charge in [-0.15, -0.1) is 0 Å². The lowest BCUT2D eigenvalue weighted by Crippen LogP contribution is -2.53. The van der Waals surface area contributed by atoms with Gasteiger partial charge >= 0.3 is 12.1 Å². The highest BCUT2D eigenvalue weighted by molar-refractivity contribution is 7.22. The number of rotatable bonds is 6. The number of benzene rings is 2. The predicted octanol–water partition coefficient (Wildman–Crippen LogP) is 6.26. The normalized spacial score (nSPS) is 18.4. The maximum atomic E-state index is 13.2. The smallest absolute Gasteiger partial charge is 0.416 e. The molecule has 0 aliphatic carbocycles. The number of alkyl halides is 3. The van der Waals surface area contributed by atoms with Crippen molar-refractivity contribution in [2.45, 2.75) is 52.4 Å². The van der Waals surface area contributed by atoms with Crippen molar-refractivity contribution in [3.63, 3.8) is 0 Å². The molecule has 1 aromatic heterocycles. The van der Waals surface area contributed by atoms with Gasteiger partial charge in [-0.1, -0.05) is 31.3 Å². The summed E-state index contributed by atoms with van der Waals surface area (Å²) in [6.07, 6.45) is -1.32. The van der Waals surface area contributed by atoms with Gasteiger partial charge in [-0.25, -0.2) is 9.78 Å². The third-order valence-corrected chi connectivity index (χ3v) is 8.14. The first kappa shape index (κ1) is 26.5. The first-order valence-corrected chi connectivity index (χ1v) is 13.5. The molecule has 38 heavy (non-hydrogen) atoms. The van der Waals surface area contributed by atoms with Crippen LogP contribution in [0.3, 0.4) is 0 Å². The largest absolute Gasteiger partial charge is 0.475 e. The summed E-state index contributed by atoms with van der Waals surface area (Å²) in [6, 6.07) is 7.98. The van der Waals surface area contributed by atoms with Crippen molar-refractivity contribution in [3.8, 4) is 5.75 Å².